The molecule has 1 amide bonds. The molecule has 1 N–H and O–H groups in total. The van der Waals surface area contributed by atoms with Crippen molar-refractivity contribution in [2.75, 3.05) is 12.4 Å². The Labute approximate surface area is 135 Å². The van der Waals surface area contributed by atoms with E-state index in [1.807, 2.05) is 30.3 Å². The van der Waals surface area contributed by atoms with Gasteiger partial charge in [-0.05, 0) is 23.6 Å². The number of carbonyl (C=O) groups is 2. The van der Waals surface area contributed by atoms with Gasteiger partial charge in [-0.2, -0.15) is 13.2 Å². The molecule has 0 atom stereocenters. The summed E-state index contributed by atoms with van der Waals surface area (Å²) in [6.45, 7) is 0. The van der Waals surface area contributed by atoms with Crippen LogP contribution in [-0.4, -0.2) is 30.1 Å². The molecule has 8 heteroatoms. The molecule has 0 bridgehead atoms. The maximum atomic E-state index is 12.4. The Kier molecular flexibility index (Phi) is 5.18. The minimum atomic E-state index is -5.08. The monoisotopic (exact) mass is 338 g/mol. The summed E-state index contributed by atoms with van der Waals surface area (Å²) in [6.07, 6.45) is -3.35. The highest BCUT2D eigenvalue weighted by Gasteiger charge is 2.39. The van der Waals surface area contributed by atoms with Crippen molar-refractivity contribution in [3.63, 3.8) is 0 Å². The van der Waals surface area contributed by atoms with Crippen LogP contribution in [0.25, 0.3) is 0 Å². The second kappa shape index (κ2) is 7.12. The molecule has 0 aliphatic heterocycles. The summed E-state index contributed by atoms with van der Waals surface area (Å²) >= 11 is 0. The lowest BCUT2D eigenvalue weighted by Gasteiger charge is -2.12. The van der Waals surface area contributed by atoms with Crippen LogP contribution < -0.4 is 5.32 Å². The number of alkyl halides is 3. The molecule has 2 rings (SSSR count). The smallest absolute Gasteiger partial charge is 0.464 e. The number of methoxy groups -OCH3 is 1. The summed E-state index contributed by atoms with van der Waals surface area (Å²) in [6, 6.07) is 10.4. The molecule has 0 aliphatic carbocycles. The topological polar surface area (TPSA) is 68.3 Å². The van der Waals surface area contributed by atoms with Crippen molar-refractivity contribution in [1.82, 2.24) is 4.98 Å². The largest absolute Gasteiger partial charge is 0.471 e. The van der Waals surface area contributed by atoms with Crippen molar-refractivity contribution in [3.8, 4) is 0 Å². The third-order valence-electron chi connectivity index (χ3n) is 3.08. The zero-order valence-electron chi connectivity index (χ0n) is 12.6. The number of rotatable bonds is 4. The molecule has 126 valence electrons. The number of nitrogens with zero attached hydrogens (tertiary/aromatic N) is 1. The van der Waals surface area contributed by atoms with Gasteiger partial charge in [0.1, 0.15) is 0 Å². The first-order chi connectivity index (χ1) is 11.3. The average Bonchev–Trinajstić information content (AvgIpc) is 2.54. The van der Waals surface area contributed by atoms with Crippen LogP contribution in [0.4, 0.5) is 18.9 Å². The number of hydrogen-bond acceptors (Lipinski definition) is 4. The Hall–Kier alpha value is -2.90. The van der Waals surface area contributed by atoms with E-state index in [0.29, 0.717) is 12.0 Å². The summed E-state index contributed by atoms with van der Waals surface area (Å²) in [5.41, 5.74) is 0.689. The highest BCUT2D eigenvalue weighted by Crippen LogP contribution is 2.22. The Morgan fingerprint density at radius 2 is 1.83 bits per heavy atom. The minimum Gasteiger partial charge on any atom is -0.464 e. The van der Waals surface area contributed by atoms with Gasteiger partial charge in [-0.3, -0.25) is 4.79 Å². The van der Waals surface area contributed by atoms with E-state index in [-0.39, 0.29) is 5.69 Å². The van der Waals surface area contributed by atoms with E-state index in [1.165, 1.54) is 12.3 Å². The second-order valence-electron chi connectivity index (χ2n) is 4.85. The number of hydrogen-bond donors (Lipinski definition) is 1. The van der Waals surface area contributed by atoms with Crippen molar-refractivity contribution in [1.29, 1.82) is 0 Å². The van der Waals surface area contributed by atoms with Crippen LogP contribution in [0.3, 0.4) is 0 Å². The maximum Gasteiger partial charge on any atom is 0.471 e. The van der Waals surface area contributed by atoms with Gasteiger partial charge in [0.2, 0.25) is 0 Å². The van der Waals surface area contributed by atoms with E-state index >= 15 is 0 Å². The fourth-order valence-corrected chi connectivity index (χ4v) is 1.98. The summed E-state index contributed by atoms with van der Waals surface area (Å²) in [5, 5.41) is 1.66. The molecule has 0 spiro atoms. The highest BCUT2D eigenvalue weighted by atomic mass is 19.4. The van der Waals surface area contributed by atoms with Crippen LogP contribution in [0.1, 0.15) is 21.6 Å². The Morgan fingerprint density at radius 1 is 1.17 bits per heavy atom. The maximum absolute atomic E-state index is 12.4. The van der Waals surface area contributed by atoms with E-state index in [9.17, 15) is 22.8 Å². The van der Waals surface area contributed by atoms with Crippen LogP contribution >= 0.6 is 0 Å². The SMILES string of the molecule is COC(=O)c1ncc(Cc2ccccc2)cc1NC(=O)C(F)(F)F. The average molecular weight is 338 g/mol. The van der Waals surface area contributed by atoms with Gasteiger partial charge in [-0.15, -0.1) is 0 Å². The summed E-state index contributed by atoms with van der Waals surface area (Å²) in [4.78, 5) is 26.6. The van der Waals surface area contributed by atoms with Crippen molar-refractivity contribution in [2.24, 2.45) is 0 Å². The van der Waals surface area contributed by atoms with Crippen LogP contribution in [0, 0.1) is 0 Å². The predicted molar refractivity (Wildman–Crippen MR) is 79.5 cm³/mol. The predicted octanol–water partition coefficient (Wildman–Crippen LogP) is 2.96. The van der Waals surface area contributed by atoms with Crippen molar-refractivity contribution in [3.05, 3.63) is 59.4 Å². The molecule has 1 heterocycles. The van der Waals surface area contributed by atoms with Crippen molar-refractivity contribution < 1.29 is 27.5 Å². The van der Waals surface area contributed by atoms with E-state index in [0.717, 1.165) is 12.7 Å². The van der Waals surface area contributed by atoms with E-state index < -0.39 is 23.7 Å². The zero-order chi connectivity index (χ0) is 17.7. The van der Waals surface area contributed by atoms with E-state index in [2.05, 4.69) is 9.72 Å². The number of nitrogens with one attached hydrogen (secondary N) is 1. The third kappa shape index (κ3) is 4.31. The van der Waals surface area contributed by atoms with E-state index in [4.69, 9.17) is 0 Å². The molecule has 1 aromatic carbocycles. The molecular formula is C16H13F3N2O3. The molecular weight excluding hydrogens is 325 g/mol. The van der Waals surface area contributed by atoms with Crippen molar-refractivity contribution in [2.45, 2.75) is 12.6 Å². The fraction of sp³-hybridized carbons (Fsp3) is 0.188. The molecule has 2 aromatic rings. The lowest BCUT2D eigenvalue weighted by Crippen LogP contribution is -2.31. The second-order valence-corrected chi connectivity index (χ2v) is 4.85. The lowest BCUT2D eigenvalue weighted by atomic mass is 10.1. The molecule has 0 unspecified atom stereocenters. The number of esters is 1. The summed E-state index contributed by atoms with van der Waals surface area (Å²) in [5.74, 6) is -3.13. The van der Waals surface area contributed by atoms with Gasteiger partial charge < -0.3 is 10.1 Å². The number of amides is 1. The normalized spacial score (nSPS) is 11.0. The first-order valence-electron chi connectivity index (χ1n) is 6.80. The fourth-order valence-electron chi connectivity index (χ4n) is 1.98. The van der Waals surface area contributed by atoms with Crippen LogP contribution in [-0.2, 0) is 16.0 Å². The van der Waals surface area contributed by atoms with Gasteiger partial charge in [0, 0.05) is 6.20 Å². The molecule has 0 saturated heterocycles. The molecule has 0 fully saturated rings. The molecule has 0 aliphatic rings. The van der Waals surface area contributed by atoms with Crippen LogP contribution in [0.15, 0.2) is 42.6 Å². The van der Waals surface area contributed by atoms with E-state index in [1.54, 1.807) is 5.32 Å². The highest BCUT2D eigenvalue weighted by molar-refractivity contribution is 6.01. The number of anilines is 1. The Balaban J connectivity index is 2.34. The molecule has 1 aromatic heterocycles. The summed E-state index contributed by atoms with van der Waals surface area (Å²) in [7, 11) is 1.07. The van der Waals surface area contributed by atoms with Crippen LogP contribution in [0.5, 0.6) is 0 Å². The van der Waals surface area contributed by atoms with Gasteiger partial charge in [-0.1, -0.05) is 30.3 Å². The molecule has 24 heavy (non-hydrogen) atoms. The first kappa shape index (κ1) is 17.5. The van der Waals surface area contributed by atoms with Crippen molar-refractivity contribution >= 4 is 17.6 Å². The minimum absolute atomic E-state index is 0.349. The van der Waals surface area contributed by atoms with Gasteiger partial charge >= 0.3 is 18.1 Å². The number of benzene rings is 1. The molecule has 0 saturated carbocycles. The summed E-state index contributed by atoms with van der Waals surface area (Å²) < 4.78 is 41.8. The Morgan fingerprint density at radius 3 is 2.42 bits per heavy atom. The van der Waals surface area contributed by atoms with Crippen LogP contribution in [0.2, 0.25) is 0 Å². The number of pyridine rings is 1. The zero-order valence-corrected chi connectivity index (χ0v) is 12.6. The number of ether oxygens (including phenoxy) is 1. The Bertz CT molecular complexity index is 746. The number of halogens is 3. The lowest BCUT2D eigenvalue weighted by molar-refractivity contribution is -0.167. The standard InChI is InChI=1S/C16H13F3N2O3/c1-24-14(22)13-12(21-15(23)16(17,18)19)8-11(9-20-13)7-10-5-3-2-4-6-10/h2-6,8-9H,7H2,1H3,(H,21,23). The number of carbonyl (C=O) groups excluding carboxylic acids is 2. The molecule has 5 nitrogen and oxygen atoms in total. The third-order valence-corrected chi connectivity index (χ3v) is 3.08. The van der Waals surface area contributed by atoms with Gasteiger partial charge in [-0.25, -0.2) is 9.78 Å². The first-order valence-corrected chi connectivity index (χ1v) is 6.80. The number of aromatic nitrogens is 1. The molecule has 0 radical (unpaired) electrons. The van der Waals surface area contributed by atoms with Gasteiger partial charge in [0.15, 0.2) is 5.69 Å². The van der Waals surface area contributed by atoms with Gasteiger partial charge in [0.25, 0.3) is 0 Å². The van der Waals surface area contributed by atoms with Gasteiger partial charge in [0.05, 0.1) is 12.8 Å². The quantitative estimate of drug-likeness (QED) is 0.871.